The number of likely N-dealkylation sites (N-methyl/N-ethyl adjacent to an activating group) is 1. The Morgan fingerprint density at radius 3 is 2.75 bits per heavy atom. The van der Waals surface area contributed by atoms with Gasteiger partial charge in [-0.15, -0.1) is 0 Å². The lowest BCUT2D eigenvalue weighted by Gasteiger charge is -2.12. The number of hydrogen-bond acceptors (Lipinski definition) is 3. The van der Waals surface area contributed by atoms with Gasteiger partial charge in [-0.2, -0.15) is 0 Å². The molecule has 0 heterocycles. The monoisotopic (exact) mass is 171 g/mol. The lowest BCUT2D eigenvalue weighted by molar-refractivity contribution is 0.505. The molecule has 0 aromatic heterocycles. The van der Waals surface area contributed by atoms with Crippen LogP contribution in [0.2, 0.25) is 0 Å². The number of nitrogens with zero attached hydrogens (tertiary/aromatic N) is 3. The fourth-order valence-corrected chi connectivity index (χ4v) is 0.987. The van der Waals surface area contributed by atoms with Gasteiger partial charge in [0.2, 0.25) is 0 Å². The standard InChI is InChI=1S/C7H17N5/c1-9-5-3-4-7(10-2)6-11-12-8/h7,9-10H,3-6H2,1-2H3/t7-/m1/s1. The summed E-state index contributed by atoms with van der Waals surface area (Å²) in [6.45, 7) is 1.55. The molecule has 12 heavy (non-hydrogen) atoms. The summed E-state index contributed by atoms with van der Waals surface area (Å²) >= 11 is 0. The summed E-state index contributed by atoms with van der Waals surface area (Å²) in [6.07, 6.45) is 2.14. The molecule has 0 bridgehead atoms. The molecular weight excluding hydrogens is 154 g/mol. The molecule has 0 aliphatic heterocycles. The van der Waals surface area contributed by atoms with Crippen LogP contribution in [0, 0.1) is 0 Å². The zero-order valence-electron chi connectivity index (χ0n) is 7.75. The van der Waals surface area contributed by atoms with Gasteiger partial charge in [-0.25, -0.2) is 0 Å². The third-order valence-electron chi connectivity index (χ3n) is 1.75. The fraction of sp³-hybridized carbons (Fsp3) is 1.00. The number of rotatable bonds is 7. The van der Waals surface area contributed by atoms with Gasteiger partial charge in [0.25, 0.3) is 0 Å². The first kappa shape index (κ1) is 11.2. The Kier molecular flexibility index (Phi) is 7.79. The Morgan fingerprint density at radius 2 is 2.25 bits per heavy atom. The molecule has 2 N–H and O–H groups in total. The summed E-state index contributed by atoms with van der Waals surface area (Å²) in [4.78, 5) is 2.72. The van der Waals surface area contributed by atoms with Gasteiger partial charge in [0, 0.05) is 17.5 Å². The van der Waals surface area contributed by atoms with Crippen molar-refractivity contribution in [3.63, 3.8) is 0 Å². The maximum atomic E-state index is 8.10. The van der Waals surface area contributed by atoms with Crippen molar-refractivity contribution in [1.82, 2.24) is 10.6 Å². The quantitative estimate of drug-likeness (QED) is 0.258. The third-order valence-corrected chi connectivity index (χ3v) is 1.75. The minimum atomic E-state index is 0.314. The van der Waals surface area contributed by atoms with Crippen molar-refractivity contribution in [3.05, 3.63) is 10.4 Å². The van der Waals surface area contributed by atoms with E-state index in [4.69, 9.17) is 5.53 Å². The van der Waals surface area contributed by atoms with E-state index in [1.807, 2.05) is 14.1 Å². The highest BCUT2D eigenvalue weighted by molar-refractivity contribution is 4.67. The second-order valence-corrected chi connectivity index (χ2v) is 2.64. The SMILES string of the molecule is CNCCC[C@H](CN=[N+]=[N-])NC. The average molecular weight is 171 g/mol. The van der Waals surface area contributed by atoms with E-state index in [0.29, 0.717) is 12.6 Å². The van der Waals surface area contributed by atoms with Crippen molar-refractivity contribution in [1.29, 1.82) is 0 Å². The van der Waals surface area contributed by atoms with Gasteiger partial charge in [-0.1, -0.05) is 5.11 Å². The smallest absolute Gasteiger partial charge is 0.0411 e. The second-order valence-electron chi connectivity index (χ2n) is 2.64. The largest absolute Gasteiger partial charge is 0.320 e. The van der Waals surface area contributed by atoms with E-state index in [1.54, 1.807) is 0 Å². The highest BCUT2D eigenvalue weighted by atomic mass is 15.1. The van der Waals surface area contributed by atoms with Crippen molar-refractivity contribution in [2.45, 2.75) is 18.9 Å². The van der Waals surface area contributed by atoms with E-state index >= 15 is 0 Å². The number of nitrogens with one attached hydrogen (secondary N) is 2. The molecule has 1 atom stereocenters. The molecule has 0 aromatic rings. The zero-order chi connectivity index (χ0) is 9.23. The molecule has 5 nitrogen and oxygen atoms in total. The summed E-state index contributed by atoms with van der Waals surface area (Å²) in [5.41, 5.74) is 8.10. The fourth-order valence-electron chi connectivity index (χ4n) is 0.987. The topological polar surface area (TPSA) is 72.8 Å². The molecule has 0 aliphatic carbocycles. The maximum Gasteiger partial charge on any atom is 0.0411 e. The first-order valence-electron chi connectivity index (χ1n) is 4.17. The number of hydrogen-bond donors (Lipinski definition) is 2. The molecule has 0 aliphatic rings. The first-order valence-corrected chi connectivity index (χ1v) is 4.17. The highest BCUT2D eigenvalue weighted by Gasteiger charge is 2.02. The van der Waals surface area contributed by atoms with E-state index < -0.39 is 0 Å². The lowest BCUT2D eigenvalue weighted by Crippen LogP contribution is -2.28. The molecule has 0 spiro atoms. The lowest BCUT2D eigenvalue weighted by atomic mass is 10.1. The summed E-state index contributed by atoms with van der Waals surface area (Å²) < 4.78 is 0. The van der Waals surface area contributed by atoms with Crippen LogP contribution in [-0.2, 0) is 0 Å². The third kappa shape index (κ3) is 5.97. The Morgan fingerprint density at radius 1 is 1.50 bits per heavy atom. The maximum absolute atomic E-state index is 8.10. The van der Waals surface area contributed by atoms with Gasteiger partial charge >= 0.3 is 0 Å². The molecule has 0 aromatic carbocycles. The van der Waals surface area contributed by atoms with Crippen molar-refractivity contribution < 1.29 is 0 Å². The van der Waals surface area contributed by atoms with Gasteiger partial charge in [0.15, 0.2) is 0 Å². The first-order chi connectivity index (χ1) is 5.85. The Labute approximate surface area is 73.2 Å². The molecule has 0 rings (SSSR count). The van der Waals surface area contributed by atoms with Crippen LogP contribution in [0.5, 0.6) is 0 Å². The average Bonchev–Trinajstić information content (AvgIpc) is 2.11. The van der Waals surface area contributed by atoms with Crippen molar-refractivity contribution in [2.75, 3.05) is 27.2 Å². The predicted octanol–water partition coefficient (Wildman–Crippen LogP) is 0.884. The zero-order valence-corrected chi connectivity index (χ0v) is 7.75. The summed E-state index contributed by atoms with van der Waals surface area (Å²) in [7, 11) is 3.82. The molecular formula is C7H17N5. The van der Waals surface area contributed by atoms with Gasteiger partial charge in [0.05, 0.1) is 0 Å². The summed E-state index contributed by atoms with van der Waals surface area (Å²) in [5, 5.41) is 9.69. The molecule has 0 saturated heterocycles. The van der Waals surface area contributed by atoms with Gasteiger partial charge in [-0.05, 0) is 39.0 Å². The minimum Gasteiger partial charge on any atom is -0.320 e. The van der Waals surface area contributed by atoms with Crippen LogP contribution in [0.15, 0.2) is 5.11 Å². The van der Waals surface area contributed by atoms with Gasteiger partial charge < -0.3 is 10.6 Å². The Balaban J connectivity index is 3.45. The highest BCUT2D eigenvalue weighted by Crippen LogP contribution is 1.96. The molecule has 0 radical (unpaired) electrons. The summed E-state index contributed by atoms with van der Waals surface area (Å²) in [5.74, 6) is 0. The predicted molar refractivity (Wildman–Crippen MR) is 50.0 cm³/mol. The molecule has 70 valence electrons. The normalized spacial score (nSPS) is 12.2. The van der Waals surface area contributed by atoms with Crippen LogP contribution in [0.25, 0.3) is 10.4 Å². The van der Waals surface area contributed by atoms with E-state index in [-0.39, 0.29) is 0 Å². The van der Waals surface area contributed by atoms with Crippen LogP contribution in [0.1, 0.15) is 12.8 Å². The van der Waals surface area contributed by atoms with Crippen LogP contribution in [-0.4, -0.2) is 33.2 Å². The molecule has 0 saturated carbocycles. The van der Waals surface area contributed by atoms with E-state index in [0.717, 1.165) is 19.4 Å². The van der Waals surface area contributed by atoms with Crippen LogP contribution < -0.4 is 10.6 Å². The Bertz CT molecular complexity index is 141. The van der Waals surface area contributed by atoms with Crippen molar-refractivity contribution >= 4 is 0 Å². The van der Waals surface area contributed by atoms with E-state index in [1.165, 1.54) is 0 Å². The van der Waals surface area contributed by atoms with Crippen LogP contribution >= 0.6 is 0 Å². The van der Waals surface area contributed by atoms with Gasteiger partial charge in [-0.3, -0.25) is 0 Å². The van der Waals surface area contributed by atoms with E-state index in [2.05, 4.69) is 20.7 Å². The van der Waals surface area contributed by atoms with Crippen LogP contribution in [0.4, 0.5) is 0 Å². The van der Waals surface area contributed by atoms with Crippen molar-refractivity contribution in [2.24, 2.45) is 5.11 Å². The number of azide groups is 1. The Hall–Kier alpha value is -0.770. The minimum absolute atomic E-state index is 0.314. The van der Waals surface area contributed by atoms with Crippen LogP contribution in [0.3, 0.4) is 0 Å². The van der Waals surface area contributed by atoms with Crippen molar-refractivity contribution in [3.8, 4) is 0 Å². The van der Waals surface area contributed by atoms with Gasteiger partial charge in [0.1, 0.15) is 0 Å². The molecule has 0 fully saturated rings. The second kappa shape index (κ2) is 8.33. The molecule has 5 heteroatoms. The molecule has 0 amide bonds. The van der Waals surface area contributed by atoms with E-state index in [9.17, 15) is 0 Å². The summed E-state index contributed by atoms with van der Waals surface area (Å²) in [6, 6.07) is 0.314. The molecule has 0 unspecified atom stereocenters.